The first-order valence-corrected chi connectivity index (χ1v) is 13.5. The third-order valence-electron chi connectivity index (χ3n) is 6.29. The van der Waals surface area contributed by atoms with Crippen LogP contribution >= 0.6 is 11.9 Å². The van der Waals surface area contributed by atoms with Gasteiger partial charge >= 0.3 is 0 Å². The lowest BCUT2D eigenvalue weighted by molar-refractivity contribution is 0.588. The molecule has 0 fully saturated rings. The maximum atomic E-state index is 6.32. The molecule has 0 spiro atoms. The first kappa shape index (κ1) is 24.6. The summed E-state index contributed by atoms with van der Waals surface area (Å²) in [4.78, 5) is 10.8. The molecule has 0 unspecified atom stereocenters. The van der Waals surface area contributed by atoms with E-state index in [2.05, 4.69) is 64.5 Å². The minimum absolute atomic E-state index is 0.531. The number of nitrogens with one attached hydrogen (secondary N) is 1. The number of para-hydroxylation sites is 1. The van der Waals surface area contributed by atoms with Crippen LogP contribution in [0.15, 0.2) is 53.4 Å². The summed E-state index contributed by atoms with van der Waals surface area (Å²) in [5.74, 6) is 1.66. The smallest absolute Gasteiger partial charge is 0.152 e. The molecule has 0 amide bonds. The Morgan fingerprint density at radius 1 is 0.882 bits per heavy atom. The zero-order valence-electron chi connectivity index (χ0n) is 20.5. The molecule has 0 radical (unpaired) electrons. The highest BCUT2D eigenvalue weighted by molar-refractivity contribution is 7.97. The molecule has 0 aliphatic heterocycles. The van der Waals surface area contributed by atoms with Crippen LogP contribution in [0.2, 0.25) is 0 Å². The fourth-order valence-corrected chi connectivity index (χ4v) is 5.06. The van der Waals surface area contributed by atoms with Crippen molar-refractivity contribution in [2.24, 2.45) is 0 Å². The molecule has 0 atom stereocenters. The molecule has 0 saturated heterocycles. The minimum atomic E-state index is 0.531. The Hall–Kier alpha value is -2.57. The summed E-state index contributed by atoms with van der Waals surface area (Å²) in [5, 5.41) is 1.14. The van der Waals surface area contributed by atoms with E-state index < -0.39 is 0 Å². The molecular weight excluding hydrogens is 438 g/mol. The summed E-state index contributed by atoms with van der Waals surface area (Å²) in [6.45, 7) is 6.38. The Labute approximate surface area is 207 Å². The number of aryl methyl sites for hydroxylation is 3. The van der Waals surface area contributed by atoms with Gasteiger partial charge in [-0.15, -0.1) is 0 Å². The van der Waals surface area contributed by atoms with Crippen molar-refractivity contribution < 1.29 is 0 Å². The molecule has 2 heterocycles. The Balaban J connectivity index is 1.38. The van der Waals surface area contributed by atoms with E-state index in [0.717, 1.165) is 73.0 Å². The van der Waals surface area contributed by atoms with Gasteiger partial charge in [-0.25, -0.2) is 9.97 Å². The monoisotopic (exact) mass is 475 g/mol. The van der Waals surface area contributed by atoms with Crippen molar-refractivity contribution in [1.29, 1.82) is 0 Å². The molecule has 0 bridgehead atoms. The van der Waals surface area contributed by atoms with Gasteiger partial charge in [0.05, 0.1) is 11.0 Å². The van der Waals surface area contributed by atoms with Crippen molar-refractivity contribution in [3.63, 3.8) is 0 Å². The summed E-state index contributed by atoms with van der Waals surface area (Å²) in [5.41, 5.74) is 10.7. The second kappa shape index (κ2) is 12.2. The first-order valence-electron chi connectivity index (χ1n) is 12.7. The molecule has 4 rings (SSSR count). The van der Waals surface area contributed by atoms with Gasteiger partial charge in [0.2, 0.25) is 0 Å². The molecule has 180 valence electrons. The summed E-state index contributed by atoms with van der Waals surface area (Å²) < 4.78 is 5.93. The molecule has 6 heteroatoms. The number of nitrogens with zero attached hydrogens (tertiary/aromatic N) is 3. The van der Waals surface area contributed by atoms with E-state index in [4.69, 9.17) is 10.7 Å². The molecule has 0 aliphatic rings. The Kier molecular flexibility index (Phi) is 8.83. The maximum absolute atomic E-state index is 6.32. The van der Waals surface area contributed by atoms with Crippen molar-refractivity contribution in [2.45, 2.75) is 76.7 Å². The highest BCUT2D eigenvalue weighted by Gasteiger charge is 2.16. The number of benzene rings is 2. The number of rotatable bonds is 13. The van der Waals surface area contributed by atoms with Crippen molar-refractivity contribution in [3.05, 3.63) is 59.9 Å². The van der Waals surface area contributed by atoms with Gasteiger partial charge in [0.1, 0.15) is 11.3 Å². The normalized spacial score (nSPS) is 11.6. The number of nitrogen functional groups attached to an aromatic ring is 1. The van der Waals surface area contributed by atoms with Crippen molar-refractivity contribution >= 4 is 39.7 Å². The van der Waals surface area contributed by atoms with E-state index >= 15 is 0 Å². The molecular formula is C28H37N5S. The predicted molar refractivity (Wildman–Crippen MR) is 146 cm³/mol. The number of fused-ring (bicyclic) bond motifs is 3. The van der Waals surface area contributed by atoms with Gasteiger partial charge in [-0.3, -0.25) is 4.72 Å². The van der Waals surface area contributed by atoms with E-state index in [1.54, 1.807) is 11.9 Å². The number of nitrogens with two attached hydrogens (primary N) is 1. The van der Waals surface area contributed by atoms with Gasteiger partial charge < -0.3 is 10.3 Å². The fourth-order valence-electron chi connectivity index (χ4n) is 4.38. The summed E-state index contributed by atoms with van der Waals surface area (Å²) in [6.07, 6.45) is 9.12. The number of aromatic nitrogens is 3. The van der Waals surface area contributed by atoms with E-state index in [0.29, 0.717) is 5.82 Å². The number of hydrogen-bond acceptors (Lipinski definition) is 5. The SMILES string of the molecule is CCCCc1ccc(SNCCCCn2c(CCCC)nc3c(N)nc4ccccc4c32)cc1. The average Bonchev–Trinajstić information content (AvgIpc) is 3.23. The molecule has 5 nitrogen and oxygen atoms in total. The van der Waals surface area contributed by atoms with Crippen LogP contribution in [0.4, 0.5) is 5.82 Å². The van der Waals surface area contributed by atoms with E-state index in [-0.39, 0.29) is 0 Å². The Morgan fingerprint density at radius 3 is 2.44 bits per heavy atom. The number of unbranched alkanes of at least 4 members (excludes halogenated alkanes) is 3. The Morgan fingerprint density at radius 2 is 1.65 bits per heavy atom. The van der Waals surface area contributed by atoms with Crippen LogP contribution in [-0.4, -0.2) is 21.1 Å². The van der Waals surface area contributed by atoms with Crippen LogP contribution in [0.1, 0.15) is 63.8 Å². The van der Waals surface area contributed by atoms with Crippen LogP contribution in [0.5, 0.6) is 0 Å². The summed E-state index contributed by atoms with van der Waals surface area (Å²) in [6, 6.07) is 17.2. The second-order valence-electron chi connectivity index (χ2n) is 8.95. The largest absolute Gasteiger partial charge is 0.382 e. The van der Waals surface area contributed by atoms with Gasteiger partial charge in [-0.1, -0.05) is 57.0 Å². The quantitative estimate of drug-likeness (QED) is 0.162. The number of pyridine rings is 1. The van der Waals surface area contributed by atoms with Gasteiger partial charge in [0, 0.05) is 29.8 Å². The number of imidazole rings is 1. The van der Waals surface area contributed by atoms with Gasteiger partial charge in [0.25, 0.3) is 0 Å². The average molecular weight is 476 g/mol. The fraction of sp³-hybridized carbons (Fsp3) is 0.429. The predicted octanol–water partition coefficient (Wildman–Crippen LogP) is 6.93. The maximum Gasteiger partial charge on any atom is 0.152 e. The topological polar surface area (TPSA) is 68.8 Å². The van der Waals surface area contributed by atoms with Crippen molar-refractivity contribution in [2.75, 3.05) is 12.3 Å². The molecule has 3 N–H and O–H groups in total. The van der Waals surface area contributed by atoms with Gasteiger partial charge in [-0.05, 0) is 67.8 Å². The van der Waals surface area contributed by atoms with E-state index in [1.165, 1.54) is 29.7 Å². The molecule has 0 aliphatic carbocycles. The Bertz CT molecular complexity index is 1200. The summed E-state index contributed by atoms with van der Waals surface area (Å²) in [7, 11) is 0. The summed E-state index contributed by atoms with van der Waals surface area (Å²) >= 11 is 1.73. The van der Waals surface area contributed by atoms with Crippen LogP contribution in [0, 0.1) is 0 Å². The molecule has 2 aromatic carbocycles. The molecule has 2 aromatic heterocycles. The lowest BCUT2D eigenvalue weighted by Gasteiger charge is -2.11. The minimum Gasteiger partial charge on any atom is -0.382 e. The van der Waals surface area contributed by atoms with Gasteiger partial charge in [0.15, 0.2) is 5.82 Å². The number of hydrogen-bond donors (Lipinski definition) is 2. The van der Waals surface area contributed by atoms with Crippen LogP contribution in [0.3, 0.4) is 0 Å². The molecule has 4 aromatic rings. The third-order valence-corrected chi connectivity index (χ3v) is 7.14. The highest BCUT2D eigenvalue weighted by atomic mass is 32.2. The third kappa shape index (κ3) is 5.91. The zero-order valence-corrected chi connectivity index (χ0v) is 21.3. The molecule has 34 heavy (non-hydrogen) atoms. The lowest BCUT2D eigenvalue weighted by Crippen LogP contribution is -2.09. The lowest BCUT2D eigenvalue weighted by atomic mass is 10.1. The first-order chi connectivity index (χ1) is 16.7. The standard InChI is InChI=1S/C28H37N5S/c1-3-5-11-21-15-17-22(18-16-21)34-30-19-9-10-20-33-25(14-6-4-2)32-26-27(33)23-12-7-8-13-24(23)31-28(26)29/h7-8,12-13,15-18,30H,3-6,9-11,14,19-20H2,1-2H3,(H2,29,31). The van der Waals surface area contributed by atoms with Crippen molar-refractivity contribution in [1.82, 2.24) is 19.3 Å². The van der Waals surface area contributed by atoms with Crippen LogP contribution in [-0.2, 0) is 19.4 Å². The molecule has 0 saturated carbocycles. The second-order valence-corrected chi connectivity index (χ2v) is 9.91. The number of anilines is 1. The van der Waals surface area contributed by atoms with Crippen LogP contribution in [0.25, 0.3) is 21.9 Å². The zero-order chi connectivity index (χ0) is 23.8. The van der Waals surface area contributed by atoms with Gasteiger partial charge in [-0.2, -0.15) is 0 Å². The highest BCUT2D eigenvalue weighted by Crippen LogP contribution is 2.29. The van der Waals surface area contributed by atoms with Crippen LogP contribution < -0.4 is 10.5 Å². The van der Waals surface area contributed by atoms with E-state index in [9.17, 15) is 0 Å². The van der Waals surface area contributed by atoms with E-state index in [1.807, 2.05) is 12.1 Å². The van der Waals surface area contributed by atoms with Crippen molar-refractivity contribution in [3.8, 4) is 0 Å².